The van der Waals surface area contributed by atoms with E-state index < -0.39 is 0 Å². The Morgan fingerprint density at radius 3 is 2.05 bits per heavy atom. The third-order valence-corrected chi connectivity index (χ3v) is 3.61. The monoisotopic (exact) mass is 264 g/mol. The second kappa shape index (κ2) is 17.0. The van der Waals surface area contributed by atoms with Gasteiger partial charge in [-0.3, -0.25) is 0 Å². The zero-order valence-electron chi connectivity index (χ0n) is 14.4. The maximum absolute atomic E-state index is 4.00. The van der Waals surface area contributed by atoms with Gasteiger partial charge in [-0.2, -0.15) is 0 Å². The molecule has 1 aliphatic carbocycles. The van der Waals surface area contributed by atoms with Crippen LogP contribution in [0.4, 0.5) is 0 Å². The van der Waals surface area contributed by atoms with Crippen LogP contribution < -0.4 is 0 Å². The Morgan fingerprint density at radius 2 is 1.68 bits per heavy atom. The molecule has 0 radical (unpaired) electrons. The zero-order chi connectivity index (χ0) is 15.8. The molecule has 0 amide bonds. The quantitative estimate of drug-likeness (QED) is 0.403. The van der Waals surface area contributed by atoms with Crippen LogP contribution in [0.2, 0.25) is 0 Å². The van der Waals surface area contributed by atoms with Gasteiger partial charge in [0.25, 0.3) is 0 Å². The summed E-state index contributed by atoms with van der Waals surface area (Å²) in [5.74, 6) is 2.21. The summed E-state index contributed by atoms with van der Waals surface area (Å²) in [6, 6.07) is 0. The molecular formula is C19H36. The lowest BCUT2D eigenvalue weighted by Crippen LogP contribution is -2.20. The van der Waals surface area contributed by atoms with E-state index in [1.165, 1.54) is 19.3 Å². The van der Waals surface area contributed by atoms with Crippen LogP contribution in [0, 0.1) is 30.6 Å². The third-order valence-electron chi connectivity index (χ3n) is 3.61. The second-order valence-corrected chi connectivity index (χ2v) is 4.44. The Labute approximate surface area is 123 Å². The van der Waals surface area contributed by atoms with Crippen LogP contribution in [0.3, 0.4) is 0 Å². The molecule has 2 unspecified atom stereocenters. The highest BCUT2D eigenvalue weighted by atomic mass is 14.3. The van der Waals surface area contributed by atoms with Crippen molar-refractivity contribution in [2.75, 3.05) is 0 Å². The Hall–Kier alpha value is -0.960. The van der Waals surface area contributed by atoms with Crippen molar-refractivity contribution in [3.63, 3.8) is 0 Å². The lowest BCUT2D eigenvalue weighted by atomic mass is 9.75. The molecule has 0 aromatic rings. The molecule has 0 bridgehead atoms. The molecule has 0 heterocycles. The number of rotatable bonds is 3. The number of allylic oxidation sites excluding steroid dienone is 3. The van der Waals surface area contributed by atoms with Crippen LogP contribution in [0.25, 0.3) is 0 Å². The average molecular weight is 264 g/mol. The maximum atomic E-state index is 4.00. The van der Waals surface area contributed by atoms with Crippen LogP contribution >= 0.6 is 0 Å². The van der Waals surface area contributed by atoms with Crippen LogP contribution in [-0.4, -0.2) is 0 Å². The summed E-state index contributed by atoms with van der Waals surface area (Å²) in [5, 5.41) is 0. The van der Waals surface area contributed by atoms with Crippen molar-refractivity contribution in [3.8, 4) is 12.8 Å². The summed E-state index contributed by atoms with van der Waals surface area (Å²) in [6.45, 7) is 18.8. The minimum absolute atomic E-state index is 0.645. The molecule has 0 aromatic carbocycles. The van der Waals surface area contributed by atoms with E-state index in [0.717, 1.165) is 11.8 Å². The van der Waals surface area contributed by atoms with Gasteiger partial charge in [0.2, 0.25) is 0 Å². The highest BCUT2D eigenvalue weighted by Crippen LogP contribution is 2.34. The Balaban J connectivity index is -0.000000375. The van der Waals surface area contributed by atoms with Gasteiger partial charge < -0.3 is 0 Å². The van der Waals surface area contributed by atoms with Gasteiger partial charge in [-0.25, -0.2) is 0 Å². The first-order valence-electron chi connectivity index (χ1n) is 7.79. The van der Waals surface area contributed by atoms with Gasteiger partial charge in [0.1, 0.15) is 0 Å². The van der Waals surface area contributed by atoms with Crippen LogP contribution in [-0.2, 0) is 0 Å². The van der Waals surface area contributed by atoms with Gasteiger partial charge >= 0.3 is 0 Å². The molecule has 0 aromatic heterocycles. The molecule has 0 heteroatoms. The van der Waals surface area contributed by atoms with Crippen molar-refractivity contribution < 1.29 is 0 Å². The molecule has 0 spiro atoms. The van der Waals surface area contributed by atoms with Crippen LogP contribution in [0.15, 0.2) is 24.3 Å². The summed E-state index contributed by atoms with van der Waals surface area (Å²) in [6.07, 6.45) is 16.5. The predicted octanol–water partition coefficient (Wildman–Crippen LogP) is 6.49. The SMILES string of the molecule is C#C.C=CC(C)[C@H](C)C1CCCC=C1C.CC.CC. The highest BCUT2D eigenvalue weighted by molar-refractivity contribution is 5.09. The van der Waals surface area contributed by atoms with E-state index in [0.29, 0.717) is 5.92 Å². The molecule has 0 saturated carbocycles. The van der Waals surface area contributed by atoms with E-state index in [2.05, 4.69) is 52.3 Å². The van der Waals surface area contributed by atoms with E-state index in [4.69, 9.17) is 0 Å². The predicted molar refractivity (Wildman–Crippen MR) is 92.2 cm³/mol. The van der Waals surface area contributed by atoms with Crippen molar-refractivity contribution in [1.29, 1.82) is 0 Å². The van der Waals surface area contributed by atoms with Gasteiger partial charge in [-0.1, -0.05) is 59.3 Å². The minimum Gasteiger partial charge on any atom is -0.124 e. The van der Waals surface area contributed by atoms with Gasteiger partial charge in [0.15, 0.2) is 0 Å². The van der Waals surface area contributed by atoms with E-state index in [1.807, 2.05) is 27.7 Å². The van der Waals surface area contributed by atoms with E-state index in [-0.39, 0.29) is 0 Å². The maximum Gasteiger partial charge on any atom is -0.0175 e. The molecule has 0 N–H and O–H groups in total. The van der Waals surface area contributed by atoms with Crippen molar-refractivity contribution in [2.45, 2.75) is 67.7 Å². The van der Waals surface area contributed by atoms with Gasteiger partial charge in [0.05, 0.1) is 0 Å². The van der Waals surface area contributed by atoms with Gasteiger partial charge in [-0.05, 0) is 43.9 Å². The molecule has 0 fully saturated rings. The van der Waals surface area contributed by atoms with Crippen molar-refractivity contribution in [3.05, 3.63) is 24.3 Å². The summed E-state index contributed by atoms with van der Waals surface area (Å²) >= 11 is 0. The number of hydrogen-bond acceptors (Lipinski definition) is 0. The molecule has 1 rings (SSSR count). The summed E-state index contributed by atoms with van der Waals surface area (Å²) in [4.78, 5) is 0. The van der Waals surface area contributed by atoms with Crippen molar-refractivity contribution in [2.24, 2.45) is 17.8 Å². The third kappa shape index (κ3) is 9.60. The molecule has 3 atom stereocenters. The van der Waals surface area contributed by atoms with Crippen LogP contribution in [0.1, 0.15) is 67.7 Å². The second-order valence-electron chi connectivity index (χ2n) is 4.44. The standard InChI is InChI=1S/C13H22.2C2H6.C2H2/c1-5-10(2)12(4)13-9-7-6-8-11(13)3;3*1-2/h5,8,10,12-13H,1,6-7,9H2,2-4H3;2*1-2H3;1-2H/t10?,12-,13?;;;/m0.../s1. The Bertz CT molecular complexity index is 232. The Kier molecular flexibility index (Phi) is 20.8. The van der Waals surface area contributed by atoms with Gasteiger partial charge in [-0.15, -0.1) is 19.4 Å². The Morgan fingerprint density at radius 1 is 1.21 bits per heavy atom. The van der Waals surface area contributed by atoms with Crippen LogP contribution in [0.5, 0.6) is 0 Å². The van der Waals surface area contributed by atoms with E-state index in [1.54, 1.807) is 5.57 Å². The fourth-order valence-corrected chi connectivity index (χ4v) is 2.31. The molecule has 1 aliphatic rings. The zero-order valence-corrected chi connectivity index (χ0v) is 14.4. The largest absolute Gasteiger partial charge is 0.124 e. The molecule has 19 heavy (non-hydrogen) atoms. The molecule has 112 valence electrons. The molecular weight excluding hydrogens is 228 g/mol. The summed E-state index contributed by atoms with van der Waals surface area (Å²) in [5.41, 5.74) is 1.60. The summed E-state index contributed by atoms with van der Waals surface area (Å²) in [7, 11) is 0. The number of terminal acetylenes is 1. The average Bonchev–Trinajstić information content (AvgIpc) is 2.52. The lowest BCUT2D eigenvalue weighted by molar-refractivity contribution is 0.307. The fraction of sp³-hybridized carbons (Fsp3) is 0.684. The highest BCUT2D eigenvalue weighted by Gasteiger charge is 2.23. The fourth-order valence-electron chi connectivity index (χ4n) is 2.31. The first-order valence-corrected chi connectivity index (χ1v) is 7.79. The normalized spacial score (nSPS) is 19.6. The lowest BCUT2D eigenvalue weighted by Gasteiger charge is -2.30. The molecule has 0 aliphatic heterocycles. The molecule has 0 nitrogen and oxygen atoms in total. The topological polar surface area (TPSA) is 0 Å². The smallest absolute Gasteiger partial charge is 0.0175 e. The van der Waals surface area contributed by atoms with E-state index >= 15 is 0 Å². The first kappa shape index (κ1) is 23.2. The number of hydrogen-bond donors (Lipinski definition) is 0. The van der Waals surface area contributed by atoms with Crippen molar-refractivity contribution >= 4 is 0 Å². The van der Waals surface area contributed by atoms with Crippen molar-refractivity contribution in [1.82, 2.24) is 0 Å². The molecule has 0 saturated heterocycles. The van der Waals surface area contributed by atoms with Gasteiger partial charge in [0, 0.05) is 0 Å². The first-order chi connectivity index (χ1) is 9.16. The minimum atomic E-state index is 0.645. The summed E-state index contributed by atoms with van der Waals surface area (Å²) < 4.78 is 0. The van der Waals surface area contributed by atoms with E-state index in [9.17, 15) is 0 Å².